The van der Waals surface area contributed by atoms with Crippen molar-refractivity contribution < 1.29 is 0 Å². The highest BCUT2D eigenvalue weighted by atomic mass is 15.3. The summed E-state index contributed by atoms with van der Waals surface area (Å²) < 4.78 is 0. The standard InChI is InChI=1S/C15H31N3/c1-13-5-6-14(2)18(11-13)15(12-16)7-4-9-17(3)10-8-15/h13-14H,4-12,16H2,1-3H3. The second-order valence-electron chi connectivity index (χ2n) is 6.77. The summed E-state index contributed by atoms with van der Waals surface area (Å²) in [5, 5.41) is 0. The zero-order valence-corrected chi connectivity index (χ0v) is 12.5. The molecule has 18 heavy (non-hydrogen) atoms. The molecule has 0 radical (unpaired) electrons. The van der Waals surface area contributed by atoms with Crippen molar-refractivity contribution >= 4 is 0 Å². The molecular weight excluding hydrogens is 222 g/mol. The number of piperidine rings is 1. The molecule has 0 amide bonds. The van der Waals surface area contributed by atoms with Crippen LogP contribution in [-0.4, -0.2) is 54.6 Å². The maximum Gasteiger partial charge on any atom is 0.0347 e. The highest BCUT2D eigenvalue weighted by Gasteiger charge is 2.40. The summed E-state index contributed by atoms with van der Waals surface area (Å²) in [5.74, 6) is 0.839. The number of hydrogen-bond donors (Lipinski definition) is 1. The quantitative estimate of drug-likeness (QED) is 0.816. The normalized spacial score (nSPS) is 40.7. The van der Waals surface area contributed by atoms with Crippen molar-refractivity contribution in [1.29, 1.82) is 0 Å². The molecule has 0 aromatic rings. The van der Waals surface area contributed by atoms with Crippen molar-refractivity contribution in [2.75, 3.05) is 33.2 Å². The molecule has 2 aliphatic rings. The molecule has 3 unspecified atom stereocenters. The molecule has 0 aromatic heterocycles. The van der Waals surface area contributed by atoms with Crippen molar-refractivity contribution in [3.8, 4) is 0 Å². The predicted octanol–water partition coefficient (Wildman–Crippen LogP) is 1.92. The van der Waals surface area contributed by atoms with E-state index in [2.05, 4.69) is 30.7 Å². The first-order chi connectivity index (χ1) is 8.57. The van der Waals surface area contributed by atoms with Crippen LogP contribution in [0.15, 0.2) is 0 Å². The van der Waals surface area contributed by atoms with Crippen LogP contribution in [-0.2, 0) is 0 Å². The van der Waals surface area contributed by atoms with Crippen molar-refractivity contribution in [1.82, 2.24) is 9.80 Å². The predicted molar refractivity (Wildman–Crippen MR) is 77.7 cm³/mol. The van der Waals surface area contributed by atoms with Gasteiger partial charge in [0.1, 0.15) is 0 Å². The van der Waals surface area contributed by atoms with Gasteiger partial charge in [0.25, 0.3) is 0 Å². The van der Waals surface area contributed by atoms with E-state index in [4.69, 9.17) is 5.73 Å². The SMILES string of the molecule is CC1CCC(C)N(C2(CN)CCCN(C)CC2)C1. The Morgan fingerprint density at radius 2 is 1.94 bits per heavy atom. The van der Waals surface area contributed by atoms with Crippen LogP contribution in [0.25, 0.3) is 0 Å². The molecule has 2 fully saturated rings. The van der Waals surface area contributed by atoms with E-state index in [1.807, 2.05) is 0 Å². The number of nitrogens with zero attached hydrogens (tertiary/aromatic N) is 2. The van der Waals surface area contributed by atoms with E-state index in [1.54, 1.807) is 0 Å². The average Bonchev–Trinajstić information content (AvgIpc) is 2.55. The molecule has 2 saturated heterocycles. The summed E-state index contributed by atoms with van der Waals surface area (Å²) in [6, 6.07) is 0.716. The maximum atomic E-state index is 6.23. The molecule has 0 aromatic carbocycles. The van der Waals surface area contributed by atoms with Crippen LogP contribution in [0.5, 0.6) is 0 Å². The van der Waals surface area contributed by atoms with Gasteiger partial charge in [0.2, 0.25) is 0 Å². The lowest BCUT2D eigenvalue weighted by Crippen LogP contribution is -2.60. The van der Waals surface area contributed by atoms with E-state index >= 15 is 0 Å². The molecule has 3 heteroatoms. The lowest BCUT2D eigenvalue weighted by atomic mass is 9.82. The minimum absolute atomic E-state index is 0.277. The van der Waals surface area contributed by atoms with Gasteiger partial charge in [0, 0.05) is 24.7 Å². The molecule has 2 N–H and O–H groups in total. The van der Waals surface area contributed by atoms with Crippen molar-refractivity contribution in [3.05, 3.63) is 0 Å². The van der Waals surface area contributed by atoms with Gasteiger partial charge in [0.05, 0.1) is 0 Å². The van der Waals surface area contributed by atoms with E-state index in [0.29, 0.717) is 6.04 Å². The van der Waals surface area contributed by atoms with Crippen LogP contribution in [0.4, 0.5) is 0 Å². The molecule has 2 heterocycles. The third-order valence-electron chi connectivity index (χ3n) is 5.25. The van der Waals surface area contributed by atoms with Crippen LogP contribution < -0.4 is 5.73 Å². The maximum absolute atomic E-state index is 6.23. The molecule has 0 aliphatic carbocycles. The largest absolute Gasteiger partial charge is 0.329 e. The Kier molecular flexibility index (Phi) is 4.68. The Balaban J connectivity index is 2.14. The summed E-state index contributed by atoms with van der Waals surface area (Å²) in [4.78, 5) is 5.23. The first-order valence-corrected chi connectivity index (χ1v) is 7.73. The molecule has 106 valence electrons. The van der Waals surface area contributed by atoms with E-state index in [1.165, 1.54) is 51.7 Å². The zero-order valence-electron chi connectivity index (χ0n) is 12.5. The van der Waals surface area contributed by atoms with E-state index in [9.17, 15) is 0 Å². The third-order valence-corrected chi connectivity index (χ3v) is 5.25. The van der Waals surface area contributed by atoms with E-state index in [-0.39, 0.29) is 5.54 Å². The Hall–Kier alpha value is -0.120. The zero-order chi connectivity index (χ0) is 13.2. The fourth-order valence-electron chi connectivity index (χ4n) is 3.87. The monoisotopic (exact) mass is 253 g/mol. The van der Waals surface area contributed by atoms with Gasteiger partial charge in [-0.05, 0) is 65.1 Å². The Morgan fingerprint density at radius 1 is 1.17 bits per heavy atom. The third kappa shape index (κ3) is 2.89. The molecule has 2 rings (SSSR count). The Labute approximate surface area is 113 Å². The average molecular weight is 253 g/mol. The van der Waals surface area contributed by atoms with Gasteiger partial charge in [-0.2, -0.15) is 0 Å². The van der Waals surface area contributed by atoms with Gasteiger partial charge < -0.3 is 10.6 Å². The molecule has 0 saturated carbocycles. The van der Waals surface area contributed by atoms with Gasteiger partial charge in [0.15, 0.2) is 0 Å². The second-order valence-corrected chi connectivity index (χ2v) is 6.77. The van der Waals surface area contributed by atoms with Crippen molar-refractivity contribution in [2.45, 2.75) is 57.5 Å². The summed E-state index contributed by atoms with van der Waals surface area (Å²) in [6.07, 6.45) is 6.56. The van der Waals surface area contributed by atoms with Crippen LogP contribution >= 0.6 is 0 Å². The second kappa shape index (κ2) is 5.89. The first-order valence-electron chi connectivity index (χ1n) is 7.73. The van der Waals surface area contributed by atoms with Crippen LogP contribution in [0, 0.1) is 5.92 Å². The highest BCUT2D eigenvalue weighted by molar-refractivity contribution is 4.98. The summed E-state index contributed by atoms with van der Waals surface area (Å²) >= 11 is 0. The number of nitrogens with two attached hydrogens (primary N) is 1. The molecule has 2 aliphatic heterocycles. The highest BCUT2D eigenvalue weighted by Crippen LogP contribution is 2.34. The minimum atomic E-state index is 0.277. The van der Waals surface area contributed by atoms with E-state index in [0.717, 1.165) is 12.5 Å². The Bertz CT molecular complexity index is 268. The van der Waals surface area contributed by atoms with Crippen molar-refractivity contribution in [2.24, 2.45) is 11.7 Å². The van der Waals surface area contributed by atoms with Crippen molar-refractivity contribution in [3.63, 3.8) is 0 Å². The molecule has 0 spiro atoms. The first kappa shape index (κ1) is 14.3. The smallest absolute Gasteiger partial charge is 0.0347 e. The number of likely N-dealkylation sites (tertiary alicyclic amines) is 2. The van der Waals surface area contributed by atoms with Gasteiger partial charge in [-0.3, -0.25) is 4.90 Å². The van der Waals surface area contributed by atoms with Gasteiger partial charge in [-0.1, -0.05) is 6.92 Å². The number of hydrogen-bond acceptors (Lipinski definition) is 3. The Morgan fingerprint density at radius 3 is 2.67 bits per heavy atom. The van der Waals surface area contributed by atoms with Gasteiger partial charge in [-0.25, -0.2) is 0 Å². The molecule has 3 nitrogen and oxygen atoms in total. The summed E-state index contributed by atoms with van der Waals surface area (Å²) in [6.45, 7) is 9.32. The molecule has 3 atom stereocenters. The van der Waals surface area contributed by atoms with Crippen LogP contribution in [0.2, 0.25) is 0 Å². The lowest BCUT2D eigenvalue weighted by molar-refractivity contribution is 0.00118. The van der Waals surface area contributed by atoms with Gasteiger partial charge >= 0.3 is 0 Å². The molecular formula is C15H31N3. The fraction of sp³-hybridized carbons (Fsp3) is 1.00. The van der Waals surface area contributed by atoms with Crippen LogP contribution in [0.1, 0.15) is 46.0 Å². The number of rotatable bonds is 2. The van der Waals surface area contributed by atoms with E-state index < -0.39 is 0 Å². The topological polar surface area (TPSA) is 32.5 Å². The minimum Gasteiger partial charge on any atom is -0.329 e. The van der Waals surface area contributed by atoms with Gasteiger partial charge in [-0.15, -0.1) is 0 Å². The lowest BCUT2D eigenvalue weighted by Gasteiger charge is -2.50. The summed E-state index contributed by atoms with van der Waals surface area (Å²) in [7, 11) is 2.24. The fourth-order valence-corrected chi connectivity index (χ4v) is 3.87. The van der Waals surface area contributed by atoms with Crippen LogP contribution in [0.3, 0.4) is 0 Å². The molecule has 0 bridgehead atoms. The summed E-state index contributed by atoms with van der Waals surface area (Å²) in [5.41, 5.74) is 6.51.